The van der Waals surface area contributed by atoms with Gasteiger partial charge in [-0.2, -0.15) is 78.9 Å². The van der Waals surface area contributed by atoms with Gasteiger partial charge in [-0.3, -0.25) is 0 Å². The molecule has 0 spiro atoms. The van der Waals surface area contributed by atoms with Crippen LogP contribution in [0.5, 0.6) is 0 Å². The molecule has 0 fully saturated rings. The molecule has 4 heteroatoms. The molecule has 7 rings (SSSR count). The molecular formula is C32H22N3Pt+. The summed E-state index contributed by atoms with van der Waals surface area (Å²) in [5, 5.41) is 2.49. The molecule has 0 aliphatic heterocycles. The Morgan fingerprint density at radius 3 is 1.94 bits per heavy atom. The van der Waals surface area contributed by atoms with Crippen LogP contribution >= 0.6 is 0 Å². The number of hydrogen-bond acceptors (Lipinski definition) is 0. The molecule has 2 aromatic heterocycles. The average molecular weight is 644 g/mol. The van der Waals surface area contributed by atoms with Crippen molar-refractivity contribution in [3.63, 3.8) is 0 Å². The molecule has 5 aromatic carbocycles. The molecule has 0 radical (unpaired) electrons. The van der Waals surface area contributed by atoms with Crippen LogP contribution in [-0.4, -0.2) is 9.13 Å². The standard InChI is InChI=1S/C18H11N.C14H11N2.Pt/c1-2-8-14(9-3-1)19-17-12-6-4-10-15(17)16-11-5-7-13-18(16)19;1-15-11-16(12-7-3-2-4-8-12)14-10-6-5-9-13(14)15;/h1-8,10-12H;2-7,9-10H,1H3;/q-2;-1;+4. The Labute approximate surface area is 225 Å². The second kappa shape index (κ2) is 10.4. The fourth-order valence-corrected chi connectivity index (χ4v) is 4.52. The number of imidazole rings is 1. The van der Waals surface area contributed by atoms with Crippen LogP contribution in [-0.2, 0) is 28.1 Å². The molecule has 0 N–H and O–H groups in total. The first-order valence-electron chi connectivity index (χ1n) is 11.5. The van der Waals surface area contributed by atoms with Crippen LogP contribution in [0.1, 0.15) is 0 Å². The molecular weight excluding hydrogens is 621 g/mol. The SMILES string of the molecule is C[n+]1[c-]n(-c2[c-]cccc2)c2ccccc21.[Pt+4].[c-]1ccccc1-n1c2[c-]cccc2c2ccccc21. The molecule has 0 amide bonds. The van der Waals surface area contributed by atoms with E-state index in [9.17, 15) is 0 Å². The van der Waals surface area contributed by atoms with E-state index >= 15 is 0 Å². The molecule has 174 valence electrons. The van der Waals surface area contributed by atoms with Crippen LogP contribution in [0.25, 0.3) is 44.2 Å². The normalized spacial score (nSPS) is 10.7. The largest absolute Gasteiger partial charge is 4.00 e. The number of fused-ring (bicyclic) bond motifs is 4. The van der Waals surface area contributed by atoms with Crippen LogP contribution in [0, 0.1) is 24.5 Å². The van der Waals surface area contributed by atoms with Crippen LogP contribution in [0.2, 0.25) is 0 Å². The predicted octanol–water partition coefficient (Wildman–Crippen LogP) is 6.44. The van der Waals surface area contributed by atoms with Gasteiger partial charge in [-0.05, 0) is 11.5 Å². The van der Waals surface area contributed by atoms with E-state index in [-0.39, 0.29) is 21.1 Å². The fraction of sp³-hybridized carbons (Fsp3) is 0.0312. The summed E-state index contributed by atoms with van der Waals surface area (Å²) in [4.78, 5) is 0. The van der Waals surface area contributed by atoms with E-state index in [2.05, 4.69) is 77.6 Å². The smallest absolute Gasteiger partial charge is 0.358 e. The van der Waals surface area contributed by atoms with E-state index in [1.54, 1.807) is 0 Å². The monoisotopic (exact) mass is 643 g/mol. The van der Waals surface area contributed by atoms with E-state index < -0.39 is 0 Å². The molecule has 0 atom stereocenters. The molecule has 0 aliphatic carbocycles. The number of nitrogens with zero attached hydrogens (tertiary/aromatic N) is 3. The summed E-state index contributed by atoms with van der Waals surface area (Å²) < 4.78 is 6.23. The third-order valence-electron chi connectivity index (χ3n) is 6.09. The van der Waals surface area contributed by atoms with E-state index in [1.807, 2.05) is 82.9 Å². The van der Waals surface area contributed by atoms with Gasteiger partial charge in [0.15, 0.2) is 0 Å². The van der Waals surface area contributed by atoms with Gasteiger partial charge in [-0.15, -0.1) is 11.5 Å². The molecule has 2 heterocycles. The molecule has 0 aliphatic rings. The molecule has 7 aromatic rings. The van der Waals surface area contributed by atoms with Crippen molar-refractivity contribution >= 4 is 32.8 Å². The number of hydrogen-bond donors (Lipinski definition) is 0. The summed E-state index contributed by atoms with van der Waals surface area (Å²) in [6.07, 6.45) is 3.27. The van der Waals surface area contributed by atoms with Crippen molar-refractivity contribution in [3.8, 4) is 11.4 Å². The predicted molar refractivity (Wildman–Crippen MR) is 141 cm³/mol. The van der Waals surface area contributed by atoms with Gasteiger partial charge < -0.3 is 13.7 Å². The van der Waals surface area contributed by atoms with E-state index in [1.165, 1.54) is 21.8 Å². The van der Waals surface area contributed by atoms with Gasteiger partial charge in [0, 0.05) is 5.52 Å². The summed E-state index contributed by atoms with van der Waals surface area (Å²) >= 11 is 0. The van der Waals surface area contributed by atoms with E-state index in [0.29, 0.717) is 0 Å². The Bertz CT molecular complexity index is 1700. The Kier molecular flexibility index (Phi) is 6.84. The summed E-state index contributed by atoms with van der Waals surface area (Å²) in [5.41, 5.74) is 6.68. The molecule has 0 saturated carbocycles. The third kappa shape index (κ3) is 4.27. The van der Waals surface area contributed by atoms with Crippen molar-refractivity contribution in [1.82, 2.24) is 9.13 Å². The minimum absolute atomic E-state index is 0. The molecule has 36 heavy (non-hydrogen) atoms. The first kappa shape index (κ1) is 23.8. The summed E-state index contributed by atoms with van der Waals surface area (Å²) in [6, 6.07) is 48.7. The van der Waals surface area contributed by atoms with Crippen LogP contribution in [0.3, 0.4) is 0 Å². The van der Waals surface area contributed by atoms with Crippen LogP contribution in [0.4, 0.5) is 0 Å². The molecule has 0 bridgehead atoms. The topological polar surface area (TPSA) is 13.7 Å². The maximum atomic E-state index is 3.35. The van der Waals surface area contributed by atoms with E-state index in [0.717, 1.165) is 22.4 Å². The maximum absolute atomic E-state index is 3.35. The zero-order valence-corrected chi connectivity index (χ0v) is 21.9. The van der Waals surface area contributed by atoms with Gasteiger partial charge in [-0.1, -0.05) is 59.4 Å². The van der Waals surface area contributed by atoms with Gasteiger partial charge in [-0.25, -0.2) is 0 Å². The first-order chi connectivity index (χ1) is 17.3. The molecule has 3 nitrogen and oxygen atoms in total. The number of aromatic nitrogens is 3. The Balaban J connectivity index is 0.000000146. The van der Waals surface area contributed by atoms with Crippen molar-refractivity contribution in [2.24, 2.45) is 7.05 Å². The number of benzene rings is 5. The molecule has 0 unspecified atom stereocenters. The maximum Gasteiger partial charge on any atom is 4.00 e. The zero-order valence-electron chi connectivity index (χ0n) is 19.6. The first-order valence-corrected chi connectivity index (χ1v) is 11.5. The van der Waals surface area contributed by atoms with Gasteiger partial charge >= 0.3 is 21.1 Å². The van der Waals surface area contributed by atoms with Crippen molar-refractivity contribution in [1.29, 1.82) is 0 Å². The third-order valence-corrected chi connectivity index (χ3v) is 6.09. The van der Waals surface area contributed by atoms with Crippen LogP contribution < -0.4 is 4.57 Å². The van der Waals surface area contributed by atoms with Crippen LogP contribution in [0.15, 0.2) is 115 Å². The van der Waals surface area contributed by atoms with Crippen molar-refractivity contribution in [2.45, 2.75) is 0 Å². The second-order valence-corrected chi connectivity index (χ2v) is 8.26. The number of aryl methyl sites for hydroxylation is 1. The Hall–Kier alpha value is -3.94. The van der Waals surface area contributed by atoms with Gasteiger partial charge in [0.2, 0.25) is 6.33 Å². The van der Waals surface area contributed by atoms with Gasteiger partial charge in [0.1, 0.15) is 0 Å². The Morgan fingerprint density at radius 1 is 0.583 bits per heavy atom. The number of para-hydroxylation sites is 6. The zero-order chi connectivity index (χ0) is 23.6. The quantitative estimate of drug-likeness (QED) is 0.152. The van der Waals surface area contributed by atoms with Crippen molar-refractivity contribution < 1.29 is 25.6 Å². The van der Waals surface area contributed by atoms with E-state index in [4.69, 9.17) is 0 Å². The second-order valence-electron chi connectivity index (χ2n) is 8.26. The average Bonchev–Trinajstić information content (AvgIpc) is 3.45. The fourth-order valence-electron chi connectivity index (χ4n) is 4.52. The van der Waals surface area contributed by atoms with Gasteiger partial charge in [0.05, 0.1) is 18.1 Å². The summed E-state index contributed by atoms with van der Waals surface area (Å²) in [6.45, 7) is 0. The summed E-state index contributed by atoms with van der Waals surface area (Å²) in [7, 11) is 2.00. The van der Waals surface area contributed by atoms with Crippen molar-refractivity contribution in [3.05, 3.63) is 140 Å². The van der Waals surface area contributed by atoms with Crippen molar-refractivity contribution in [2.75, 3.05) is 0 Å². The summed E-state index contributed by atoms with van der Waals surface area (Å²) in [5.74, 6) is 0. The minimum atomic E-state index is 0. The Morgan fingerprint density at radius 2 is 1.19 bits per heavy atom. The molecule has 0 saturated heterocycles. The van der Waals surface area contributed by atoms with Gasteiger partial charge in [0.25, 0.3) is 0 Å². The number of rotatable bonds is 2. The minimum Gasteiger partial charge on any atom is -0.358 e.